The maximum absolute atomic E-state index is 13.2. The summed E-state index contributed by atoms with van der Waals surface area (Å²) in [6, 6.07) is 12.9. The Kier molecular flexibility index (Phi) is 3.51. The Balaban J connectivity index is 2.32. The molecule has 1 nitrogen and oxygen atoms in total. The second-order valence-electron chi connectivity index (χ2n) is 3.22. The predicted octanol–water partition coefficient (Wildman–Crippen LogP) is 4.32. The van der Waals surface area contributed by atoms with Crippen molar-refractivity contribution >= 4 is 33.4 Å². The monoisotopic (exact) mass is 297 g/mol. The van der Waals surface area contributed by atoms with Crippen molar-refractivity contribution in [1.82, 2.24) is 0 Å². The number of benzene rings is 2. The Morgan fingerprint density at radius 2 is 1.81 bits per heavy atom. The van der Waals surface area contributed by atoms with Crippen LogP contribution >= 0.6 is 27.7 Å². The van der Waals surface area contributed by atoms with E-state index < -0.39 is 0 Å². The van der Waals surface area contributed by atoms with Crippen molar-refractivity contribution < 1.29 is 4.39 Å². The van der Waals surface area contributed by atoms with Gasteiger partial charge in [-0.1, -0.05) is 30.0 Å². The normalized spacial score (nSPS) is 10.4. The molecule has 2 rings (SSSR count). The minimum atomic E-state index is -0.338. The van der Waals surface area contributed by atoms with Crippen molar-refractivity contribution in [3.05, 3.63) is 52.8 Å². The highest BCUT2D eigenvalue weighted by Gasteiger charge is 2.07. The maximum Gasteiger partial charge on any atom is 0.139 e. The van der Waals surface area contributed by atoms with Crippen LogP contribution in [0.25, 0.3) is 0 Å². The molecule has 0 aliphatic heterocycles. The third-order valence-corrected chi connectivity index (χ3v) is 3.71. The van der Waals surface area contributed by atoms with E-state index in [0.29, 0.717) is 10.2 Å². The second kappa shape index (κ2) is 4.89. The Hall–Kier alpha value is -1.00. The van der Waals surface area contributed by atoms with Crippen LogP contribution < -0.4 is 5.73 Å². The third kappa shape index (κ3) is 2.57. The molecule has 0 heterocycles. The van der Waals surface area contributed by atoms with Crippen LogP contribution in [0.1, 0.15) is 0 Å². The lowest BCUT2D eigenvalue weighted by atomic mass is 10.3. The molecule has 0 unspecified atom stereocenters. The van der Waals surface area contributed by atoms with Crippen molar-refractivity contribution in [1.29, 1.82) is 0 Å². The van der Waals surface area contributed by atoms with E-state index in [2.05, 4.69) is 15.9 Å². The smallest absolute Gasteiger partial charge is 0.139 e. The molecule has 2 N–H and O–H groups in total. The molecule has 0 saturated heterocycles. The predicted molar refractivity (Wildman–Crippen MR) is 69.1 cm³/mol. The summed E-state index contributed by atoms with van der Waals surface area (Å²) >= 11 is 4.67. The highest BCUT2D eigenvalue weighted by atomic mass is 79.9. The molecule has 4 heteroatoms. The van der Waals surface area contributed by atoms with Crippen LogP contribution in [0.5, 0.6) is 0 Å². The van der Waals surface area contributed by atoms with E-state index in [9.17, 15) is 4.39 Å². The van der Waals surface area contributed by atoms with E-state index in [1.165, 1.54) is 17.8 Å². The minimum absolute atomic E-state index is 0.338. The Bertz CT molecular complexity index is 502. The van der Waals surface area contributed by atoms with Gasteiger partial charge in [0.15, 0.2) is 0 Å². The van der Waals surface area contributed by atoms with Crippen LogP contribution in [0.15, 0.2) is 56.7 Å². The van der Waals surface area contributed by atoms with Gasteiger partial charge in [-0.2, -0.15) is 0 Å². The number of nitrogens with two attached hydrogens (primary N) is 1. The molecule has 0 saturated carbocycles. The highest BCUT2D eigenvalue weighted by molar-refractivity contribution is 9.10. The molecule has 0 spiro atoms. The zero-order chi connectivity index (χ0) is 11.5. The molecule has 0 amide bonds. The van der Waals surface area contributed by atoms with Crippen LogP contribution in [-0.4, -0.2) is 0 Å². The summed E-state index contributed by atoms with van der Waals surface area (Å²) in [4.78, 5) is 1.92. The summed E-state index contributed by atoms with van der Waals surface area (Å²) in [6.45, 7) is 0. The summed E-state index contributed by atoms with van der Waals surface area (Å²) < 4.78 is 13.6. The topological polar surface area (TPSA) is 26.0 Å². The standard InChI is InChI=1S/C12H9BrFNS/c13-9-6-12(11(15)7-10(9)14)16-8-4-2-1-3-5-8/h1-7H,15H2. The van der Waals surface area contributed by atoms with Gasteiger partial charge < -0.3 is 5.73 Å². The number of halogens is 2. The van der Waals surface area contributed by atoms with Gasteiger partial charge >= 0.3 is 0 Å². The molecule has 0 aliphatic carbocycles. The number of hydrogen-bond acceptors (Lipinski definition) is 2. The molecule has 0 radical (unpaired) electrons. The van der Waals surface area contributed by atoms with E-state index in [1.807, 2.05) is 30.3 Å². The maximum atomic E-state index is 13.2. The molecule has 0 aliphatic rings. The molecule has 0 bridgehead atoms. The fourth-order valence-electron chi connectivity index (χ4n) is 1.25. The zero-order valence-electron chi connectivity index (χ0n) is 8.28. The van der Waals surface area contributed by atoms with Gasteiger partial charge in [0.2, 0.25) is 0 Å². The first-order chi connectivity index (χ1) is 7.66. The molecule has 16 heavy (non-hydrogen) atoms. The Morgan fingerprint density at radius 1 is 1.12 bits per heavy atom. The summed E-state index contributed by atoms with van der Waals surface area (Å²) in [6.07, 6.45) is 0. The Morgan fingerprint density at radius 3 is 2.50 bits per heavy atom. The van der Waals surface area contributed by atoms with E-state index in [1.54, 1.807) is 6.07 Å². The van der Waals surface area contributed by atoms with Gasteiger partial charge in [-0.3, -0.25) is 0 Å². The minimum Gasteiger partial charge on any atom is -0.398 e. The van der Waals surface area contributed by atoms with Gasteiger partial charge in [-0.15, -0.1) is 0 Å². The molecule has 0 fully saturated rings. The SMILES string of the molecule is Nc1cc(F)c(Br)cc1Sc1ccccc1. The van der Waals surface area contributed by atoms with Crippen molar-refractivity contribution in [2.24, 2.45) is 0 Å². The third-order valence-electron chi connectivity index (χ3n) is 2.02. The van der Waals surface area contributed by atoms with Crippen LogP contribution in [0.4, 0.5) is 10.1 Å². The van der Waals surface area contributed by atoms with E-state index >= 15 is 0 Å². The molecule has 0 atom stereocenters. The van der Waals surface area contributed by atoms with Crippen molar-refractivity contribution in [3.63, 3.8) is 0 Å². The van der Waals surface area contributed by atoms with Crippen LogP contribution in [0.3, 0.4) is 0 Å². The Labute approximate surface area is 106 Å². The van der Waals surface area contributed by atoms with Crippen LogP contribution in [0, 0.1) is 5.82 Å². The second-order valence-corrected chi connectivity index (χ2v) is 5.19. The number of rotatable bonds is 2. The molecule has 82 valence electrons. The first-order valence-electron chi connectivity index (χ1n) is 4.64. The fourth-order valence-corrected chi connectivity index (χ4v) is 2.64. The quantitative estimate of drug-likeness (QED) is 0.836. The molecule has 2 aromatic carbocycles. The van der Waals surface area contributed by atoms with E-state index in [-0.39, 0.29) is 5.82 Å². The van der Waals surface area contributed by atoms with Gasteiger partial charge in [0.1, 0.15) is 5.82 Å². The van der Waals surface area contributed by atoms with Gasteiger partial charge in [-0.25, -0.2) is 4.39 Å². The molecule has 2 aromatic rings. The summed E-state index contributed by atoms with van der Waals surface area (Å²) in [5.74, 6) is -0.338. The van der Waals surface area contributed by atoms with Crippen molar-refractivity contribution in [3.8, 4) is 0 Å². The lowest BCUT2D eigenvalue weighted by molar-refractivity contribution is 0.620. The average molecular weight is 298 g/mol. The van der Waals surface area contributed by atoms with Crippen molar-refractivity contribution in [2.75, 3.05) is 5.73 Å². The highest BCUT2D eigenvalue weighted by Crippen LogP contribution is 2.34. The summed E-state index contributed by atoms with van der Waals surface area (Å²) in [5, 5.41) is 0. The summed E-state index contributed by atoms with van der Waals surface area (Å²) in [7, 11) is 0. The van der Waals surface area contributed by atoms with Gasteiger partial charge in [0.25, 0.3) is 0 Å². The first-order valence-corrected chi connectivity index (χ1v) is 6.25. The largest absolute Gasteiger partial charge is 0.398 e. The van der Waals surface area contributed by atoms with E-state index in [4.69, 9.17) is 5.73 Å². The number of anilines is 1. The summed E-state index contributed by atoms with van der Waals surface area (Å²) in [5.41, 5.74) is 6.21. The number of nitrogen functional groups attached to an aromatic ring is 1. The first kappa shape index (κ1) is 11.5. The lowest BCUT2D eigenvalue weighted by Crippen LogP contribution is -1.91. The van der Waals surface area contributed by atoms with Crippen molar-refractivity contribution in [2.45, 2.75) is 9.79 Å². The molecular weight excluding hydrogens is 289 g/mol. The van der Waals surface area contributed by atoms with Gasteiger partial charge in [0.05, 0.1) is 4.47 Å². The lowest BCUT2D eigenvalue weighted by Gasteiger charge is -2.06. The van der Waals surface area contributed by atoms with Gasteiger partial charge in [-0.05, 0) is 40.2 Å². The number of hydrogen-bond donors (Lipinski definition) is 1. The average Bonchev–Trinajstić information content (AvgIpc) is 2.27. The van der Waals surface area contributed by atoms with E-state index in [0.717, 1.165) is 9.79 Å². The van der Waals surface area contributed by atoms with Crippen LogP contribution in [0.2, 0.25) is 0 Å². The van der Waals surface area contributed by atoms with Crippen LogP contribution in [-0.2, 0) is 0 Å². The van der Waals surface area contributed by atoms with Gasteiger partial charge in [0, 0.05) is 15.5 Å². The fraction of sp³-hybridized carbons (Fsp3) is 0. The molecular formula is C12H9BrFNS. The molecule has 0 aromatic heterocycles. The zero-order valence-corrected chi connectivity index (χ0v) is 10.7.